The van der Waals surface area contributed by atoms with E-state index < -0.39 is 0 Å². The first-order valence-electron chi connectivity index (χ1n) is 6.42. The zero-order valence-corrected chi connectivity index (χ0v) is 10.8. The third-order valence-electron chi connectivity index (χ3n) is 3.33. The smallest absolute Gasteiger partial charge is 0.227 e. The number of morpholine rings is 1. The van der Waals surface area contributed by atoms with E-state index in [4.69, 9.17) is 10.5 Å². The van der Waals surface area contributed by atoms with Crippen LogP contribution in [0.4, 0.5) is 5.69 Å². The number of carbonyl (C=O) groups excluding carboxylic acids is 1. The molecule has 1 aromatic rings. The molecule has 0 saturated carbocycles. The number of hydrogen-bond donors (Lipinski definition) is 1. The van der Waals surface area contributed by atoms with E-state index in [9.17, 15) is 4.79 Å². The van der Waals surface area contributed by atoms with Crippen molar-refractivity contribution in [3.05, 3.63) is 29.8 Å². The van der Waals surface area contributed by atoms with E-state index in [1.54, 1.807) is 0 Å². The van der Waals surface area contributed by atoms with Crippen LogP contribution >= 0.6 is 0 Å². The van der Waals surface area contributed by atoms with Gasteiger partial charge in [0.05, 0.1) is 25.7 Å². The van der Waals surface area contributed by atoms with Crippen LogP contribution in [0, 0.1) is 0 Å². The molecule has 18 heavy (non-hydrogen) atoms. The number of benzene rings is 1. The van der Waals surface area contributed by atoms with Gasteiger partial charge in [-0.3, -0.25) is 4.79 Å². The number of nitrogens with two attached hydrogens (primary N) is 1. The number of nitrogen functional groups attached to an aromatic ring is 1. The molecule has 1 atom stereocenters. The van der Waals surface area contributed by atoms with Crippen LogP contribution in [0.5, 0.6) is 0 Å². The quantitative estimate of drug-likeness (QED) is 0.824. The Balaban J connectivity index is 2.02. The molecule has 2 N–H and O–H groups in total. The summed E-state index contributed by atoms with van der Waals surface area (Å²) in [5, 5.41) is 0. The van der Waals surface area contributed by atoms with Gasteiger partial charge in [0.25, 0.3) is 0 Å². The molecule has 98 valence electrons. The summed E-state index contributed by atoms with van der Waals surface area (Å²) in [4.78, 5) is 14.2. The first kappa shape index (κ1) is 12.9. The van der Waals surface area contributed by atoms with E-state index >= 15 is 0 Å². The summed E-state index contributed by atoms with van der Waals surface area (Å²) >= 11 is 0. The second-order valence-electron chi connectivity index (χ2n) is 4.65. The molecule has 0 aromatic heterocycles. The lowest BCUT2D eigenvalue weighted by Gasteiger charge is -2.35. The minimum Gasteiger partial charge on any atom is -0.399 e. The van der Waals surface area contributed by atoms with Gasteiger partial charge in [-0.25, -0.2) is 0 Å². The second-order valence-corrected chi connectivity index (χ2v) is 4.65. The molecule has 0 spiro atoms. The van der Waals surface area contributed by atoms with E-state index in [0.29, 0.717) is 31.9 Å². The maximum absolute atomic E-state index is 12.3. The minimum atomic E-state index is 0.163. The fourth-order valence-corrected chi connectivity index (χ4v) is 2.30. The molecule has 2 rings (SSSR count). The Bertz CT molecular complexity index is 420. The number of ether oxygens (including phenoxy) is 1. The zero-order chi connectivity index (χ0) is 13.0. The van der Waals surface area contributed by atoms with Gasteiger partial charge in [0, 0.05) is 12.2 Å². The fourth-order valence-electron chi connectivity index (χ4n) is 2.30. The van der Waals surface area contributed by atoms with E-state index in [-0.39, 0.29) is 11.9 Å². The fraction of sp³-hybridized carbons (Fsp3) is 0.500. The number of carbonyl (C=O) groups is 1. The molecule has 1 heterocycles. The van der Waals surface area contributed by atoms with E-state index in [1.807, 2.05) is 29.2 Å². The van der Waals surface area contributed by atoms with E-state index in [0.717, 1.165) is 12.0 Å². The molecule has 1 fully saturated rings. The molecule has 0 aliphatic carbocycles. The Morgan fingerprint density at radius 3 is 3.11 bits per heavy atom. The predicted molar refractivity (Wildman–Crippen MR) is 71.2 cm³/mol. The molecule has 4 heteroatoms. The Morgan fingerprint density at radius 2 is 2.39 bits per heavy atom. The molecule has 1 saturated heterocycles. The van der Waals surface area contributed by atoms with E-state index in [2.05, 4.69) is 6.92 Å². The normalized spacial score (nSPS) is 19.8. The van der Waals surface area contributed by atoms with Crippen molar-refractivity contribution in [3.8, 4) is 0 Å². The van der Waals surface area contributed by atoms with Crippen LogP contribution in [-0.4, -0.2) is 36.6 Å². The summed E-state index contributed by atoms with van der Waals surface area (Å²) in [7, 11) is 0. The monoisotopic (exact) mass is 248 g/mol. The lowest BCUT2D eigenvalue weighted by Crippen LogP contribution is -2.48. The van der Waals surface area contributed by atoms with Gasteiger partial charge in [-0.05, 0) is 24.1 Å². The Kier molecular flexibility index (Phi) is 4.20. The van der Waals surface area contributed by atoms with Crippen molar-refractivity contribution in [2.75, 3.05) is 25.5 Å². The third-order valence-corrected chi connectivity index (χ3v) is 3.33. The van der Waals surface area contributed by atoms with Crippen LogP contribution in [-0.2, 0) is 16.0 Å². The predicted octanol–water partition coefficient (Wildman–Crippen LogP) is 1.45. The summed E-state index contributed by atoms with van der Waals surface area (Å²) in [5.74, 6) is 0.163. The molecule has 0 bridgehead atoms. The highest BCUT2D eigenvalue weighted by atomic mass is 16.5. The summed E-state index contributed by atoms with van der Waals surface area (Å²) in [5.41, 5.74) is 7.40. The van der Waals surface area contributed by atoms with Crippen LogP contribution in [0.3, 0.4) is 0 Å². The van der Waals surface area contributed by atoms with Crippen molar-refractivity contribution in [1.82, 2.24) is 4.90 Å². The summed E-state index contributed by atoms with van der Waals surface area (Å²) in [6.07, 6.45) is 1.35. The average molecular weight is 248 g/mol. The van der Waals surface area contributed by atoms with Crippen molar-refractivity contribution in [2.45, 2.75) is 25.8 Å². The molecule has 1 amide bonds. The Morgan fingerprint density at radius 1 is 1.56 bits per heavy atom. The molecule has 1 aliphatic rings. The largest absolute Gasteiger partial charge is 0.399 e. The topological polar surface area (TPSA) is 55.6 Å². The van der Waals surface area contributed by atoms with Crippen LogP contribution in [0.2, 0.25) is 0 Å². The highest BCUT2D eigenvalue weighted by Gasteiger charge is 2.25. The maximum atomic E-state index is 12.3. The van der Waals surface area contributed by atoms with Gasteiger partial charge in [-0.2, -0.15) is 0 Å². The third kappa shape index (κ3) is 3.01. The highest BCUT2D eigenvalue weighted by molar-refractivity contribution is 5.79. The molecular weight excluding hydrogens is 228 g/mol. The standard InChI is InChI=1S/C14H20N2O2/c1-2-13-10-18-7-6-16(13)14(17)9-11-4-3-5-12(15)8-11/h3-5,8,13H,2,6-7,9-10,15H2,1H3. The lowest BCUT2D eigenvalue weighted by atomic mass is 10.1. The second kappa shape index (κ2) is 5.87. The number of rotatable bonds is 3. The number of nitrogens with zero attached hydrogens (tertiary/aromatic N) is 1. The average Bonchev–Trinajstić information content (AvgIpc) is 2.38. The number of amides is 1. The Labute approximate surface area is 108 Å². The maximum Gasteiger partial charge on any atom is 0.227 e. The molecule has 1 aromatic carbocycles. The molecule has 1 unspecified atom stereocenters. The van der Waals surface area contributed by atoms with Crippen LogP contribution < -0.4 is 5.73 Å². The van der Waals surface area contributed by atoms with Gasteiger partial charge in [0.1, 0.15) is 0 Å². The first-order valence-corrected chi connectivity index (χ1v) is 6.42. The van der Waals surface area contributed by atoms with Crippen molar-refractivity contribution in [2.24, 2.45) is 0 Å². The lowest BCUT2D eigenvalue weighted by molar-refractivity contribution is -0.139. The van der Waals surface area contributed by atoms with Gasteiger partial charge in [0.2, 0.25) is 5.91 Å². The van der Waals surface area contributed by atoms with Gasteiger partial charge in [-0.1, -0.05) is 19.1 Å². The highest BCUT2D eigenvalue weighted by Crippen LogP contribution is 2.14. The van der Waals surface area contributed by atoms with Gasteiger partial charge < -0.3 is 15.4 Å². The Hall–Kier alpha value is -1.55. The van der Waals surface area contributed by atoms with E-state index in [1.165, 1.54) is 0 Å². The summed E-state index contributed by atoms with van der Waals surface area (Å²) in [6, 6.07) is 7.73. The molecule has 1 aliphatic heterocycles. The van der Waals surface area contributed by atoms with Crippen molar-refractivity contribution >= 4 is 11.6 Å². The molecule has 4 nitrogen and oxygen atoms in total. The van der Waals surface area contributed by atoms with Gasteiger partial charge in [-0.15, -0.1) is 0 Å². The van der Waals surface area contributed by atoms with Crippen LogP contribution in [0.25, 0.3) is 0 Å². The van der Waals surface area contributed by atoms with Gasteiger partial charge >= 0.3 is 0 Å². The molecular formula is C14H20N2O2. The summed E-state index contributed by atoms with van der Waals surface area (Å²) in [6.45, 7) is 4.07. The van der Waals surface area contributed by atoms with Crippen LogP contribution in [0.15, 0.2) is 24.3 Å². The first-order chi connectivity index (χ1) is 8.70. The number of hydrogen-bond acceptors (Lipinski definition) is 3. The SMILES string of the molecule is CCC1COCCN1C(=O)Cc1cccc(N)c1. The van der Waals surface area contributed by atoms with Crippen molar-refractivity contribution < 1.29 is 9.53 Å². The summed E-state index contributed by atoms with van der Waals surface area (Å²) < 4.78 is 5.41. The van der Waals surface area contributed by atoms with Gasteiger partial charge in [0.15, 0.2) is 0 Å². The van der Waals surface area contributed by atoms with Crippen molar-refractivity contribution in [1.29, 1.82) is 0 Å². The molecule has 0 radical (unpaired) electrons. The van der Waals surface area contributed by atoms with Crippen molar-refractivity contribution in [3.63, 3.8) is 0 Å². The number of anilines is 1. The van der Waals surface area contributed by atoms with Crippen LogP contribution in [0.1, 0.15) is 18.9 Å². The minimum absolute atomic E-state index is 0.163. The zero-order valence-electron chi connectivity index (χ0n) is 10.8.